The van der Waals surface area contributed by atoms with E-state index in [0.29, 0.717) is 5.82 Å². The molecule has 1 heterocycles. The molecular formula is C24H19N3. The fourth-order valence-corrected chi connectivity index (χ4v) is 3.78. The molecule has 3 nitrogen and oxygen atoms in total. The van der Waals surface area contributed by atoms with Crippen molar-refractivity contribution in [3.8, 4) is 16.9 Å². The molecule has 5 rings (SSSR count). The summed E-state index contributed by atoms with van der Waals surface area (Å²) in [5, 5.41) is 4.92. The largest absolute Gasteiger partial charge is 0.383 e. The first-order chi connectivity index (χ1) is 13.3. The number of aromatic nitrogens is 2. The first-order valence-electron chi connectivity index (χ1n) is 9.11. The summed E-state index contributed by atoms with van der Waals surface area (Å²) in [5.41, 5.74) is 14.4. The second-order valence-electron chi connectivity index (χ2n) is 6.70. The van der Waals surface area contributed by atoms with Crippen LogP contribution in [-0.4, -0.2) is 9.78 Å². The molecule has 1 aromatic heterocycles. The molecule has 27 heavy (non-hydrogen) atoms. The second kappa shape index (κ2) is 6.29. The third kappa shape index (κ3) is 2.56. The zero-order chi connectivity index (χ0) is 18.2. The van der Waals surface area contributed by atoms with Gasteiger partial charge in [0.15, 0.2) is 0 Å². The van der Waals surface area contributed by atoms with Crippen LogP contribution >= 0.6 is 0 Å². The maximum atomic E-state index is 6.67. The maximum Gasteiger partial charge on any atom is 0.135 e. The number of rotatable bonds is 3. The summed E-state index contributed by atoms with van der Waals surface area (Å²) in [6.45, 7) is 0. The van der Waals surface area contributed by atoms with Crippen molar-refractivity contribution in [2.24, 2.45) is 0 Å². The van der Waals surface area contributed by atoms with Gasteiger partial charge in [0.2, 0.25) is 0 Å². The van der Waals surface area contributed by atoms with E-state index in [2.05, 4.69) is 42.5 Å². The van der Waals surface area contributed by atoms with Crippen molar-refractivity contribution in [2.75, 3.05) is 5.73 Å². The minimum atomic E-state index is 0.669. The quantitative estimate of drug-likeness (QED) is 0.558. The fraction of sp³-hybridized carbons (Fsp3) is 0.0417. The summed E-state index contributed by atoms with van der Waals surface area (Å²) in [6.07, 6.45) is 3.19. The third-order valence-corrected chi connectivity index (χ3v) is 5.07. The minimum absolute atomic E-state index is 0.669. The van der Waals surface area contributed by atoms with Gasteiger partial charge in [-0.2, -0.15) is 5.10 Å². The van der Waals surface area contributed by atoms with Crippen LogP contribution in [0.25, 0.3) is 22.5 Å². The molecule has 0 saturated carbocycles. The smallest absolute Gasteiger partial charge is 0.135 e. The predicted molar refractivity (Wildman–Crippen MR) is 111 cm³/mol. The molecular weight excluding hydrogens is 330 g/mol. The van der Waals surface area contributed by atoms with Crippen LogP contribution in [0.3, 0.4) is 0 Å². The van der Waals surface area contributed by atoms with E-state index < -0.39 is 0 Å². The molecule has 0 spiro atoms. The van der Waals surface area contributed by atoms with Crippen molar-refractivity contribution in [2.45, 2.75) is 6.42 Å². The van der Waals surface area contributed by atoms with Crippen LogP contribution in [0.5, 0.6) is 0 Å². The topological polar surface area (TPSA) is 43.8 Å². The van der Waals surface area contributed by atoms with Gasteiger partial charge in [-0.1, -0.05) is 78.9 Å². The number of para-hydroxylation sites is 1. The van der Waals surface area contributed by atoms with Crippen LogP contribution in [0.2, 0.25) is 0 Å². The summed E-state index contributed by atoms with van der Waals surface area (Å²) >= 11 is 0. The van der Waals surface area contributed by atoms with E-state index in [1.807, 2.05) is 53.2 Å². The number of allylic oxidation sites excluding steroid dienone is 1. The Balaban J connectivity index is 1.77. The van der Waals surface area contributed by atoms with Crippen molar-refractivity contribution in [3.05, 3.63) is 108 Å². The number of hydrogen-bond acceptors (Lipinski definition) is 2. The Morgan fingerprint density at radius 3 is 2.22 bits per heavy atom. The van der Waals surface area contributed by atoms with E-state index in [1.165, 1.54) is 16.7 Å². The fourth-order valence-electron chi connectivity index (χ4n) is 3.78. The molecule has 0 amide bonds. The van der Waals surface area contributed by atoms with Gasteiger partial charge in [-0.05, 0) is 35.3 Å². The summed E-state index contributed by atoms with van der Waals surface area (Å²) in [6, 6.07) is 28.8. The Hall–Kier alpha value is -3.59. The maximum absolute atomic E-state index is 6.67. The molecule has 0 radical (unpaired) electrons. The van der Waals surface area contributed by atoms with Gasteiger partial charge in [0.1, 0.15) is 11.5 Å². The molecule has 3 heteroatoms. The van der Waals surface area contributed by atoms with Crippen LogP contribution in [0.15, 0.2) is 91.0 Å². The number of hydrogen-bond donors (Lipinski definition) is 1. The lowest BCUT2D eigenvalue weighted by Gasteiger charge is -2.08. The van der Waals surface area contributed by atoms with Gasteiger partial charge in [-0.15, -0.1) is 0 Å². The van der Waals surface area contributed by atoms with Crippen LogP contribution in [-0.2, 0) is 6.42 Å². The molecule has 0 fully saturated rings. The second-order valence-corrected chi connectivity index (χ2v) is 6.70. The predicted octanol–water partition coefficient (Wildman–Crippen LogP) is 5.11. The third-order valence-electron chi connectivity index (χ3n) is 5.07. The molecule has 0 atom stereocenters. The van der Waals surface area contributed by atoms with Crippen LogP contribution in [0.1, 0.15) is 16.7 Å². The Labute approximate surface area is 158 Å². The number of fused-ring (bicyclic) bond motifs is 1. The van der Waals surface area contributed by atoms with E-state index in [1.54, 1.807) is 0 Å². The van der Waals surface area contributed by atoms with Gasteiger partial charge in [0.05, 0.1) is 11.3 Å². The molecule has 4 aromatic rings. The monoisotopic (exact) mass is 349 g/mol. The Morgan fingerprint density at radius 1 is 0.778 bits per heavy atom. The first-order valence-corrected chi connectivity index (χ1v) is 9.11. The highest BCUT2D eigenvalue weighted by atomic mass is 15.3. The van der Waals surface area contributed by atoms with Crippen molar-refractivity contribution >= 4 is 11.4 Å². The molecule has 0 saturated heterocycles. The van der Waals surface area contributed by atoms with Crippen LogP contribution in [0, 0.1) is 0 Å². The van der Waals surface area contributed by atoms with Crippen molar-refractivity contribution < 1.29 is 0 Å². The molecule has 1 aliphatic carbocycles. The molecule has 0 aliphatic heterocycles. The van der Waals surface area contributed by atoms with Crippen LogP contribution < -0.4 is 5.73 Å². The highest BCUT2D eigenvalue weighted by molar-refractivity contribution is 5.95. The highest BCUT2D eigenvalue weighted by Crippen LogP contribution is 2.41. The molecule has 3 aromatic carbocycles. The highest BCUT2D eigenvalue weighted by Gasteiger charge is 2.25. The van der Waals surface area contributed by atoms with Crippen molar-refractivity contribution in [3.63, 3.8) is 0 Å². The van der Waals surface area contributed by atoms with E-state index in [0.717, 1.165) is 28.9 Å². The lowest BCUT2D eigenvalue weighted by atomic mass is 9.96. The number of nitrogens with two attached hydrogens (primary N) is 1. The normalized spacial score (nSPS) is 12.7. The molecule has 2 N–H and O–H groups in total. The average Bonchev–Trinajstić information content (AvgIpc) is 3.30. The van der Waals surface area contributed by atoms with Gasteiger partial charge in [-0.3, -0.25) is 0 Å². The molecule has 0 unspecified atom stereocenters. The summed E-state index contributed by atoms with van der Waals surface area (Å²) in [7, 11) is 0. The number of benzene rings is 3. The number of nitrogen functional groups attached to an aromatic ring is 1. The van der Waals surface area contributed by atoms with Gasteiger partial charge < -0.3 is 5.73 Å². The summed E-state index contributed by atoms with van der Waals surface area (Å²) in [5.74, 6) is 0.669. The van der Waals surface area contributed by atoms with Crippen molar-refractivity contribution in [1.82, 2.24) is 9.78 Å². The van der Waals surface area contributed by atoms with E-state index >= 15 is 0 Å². The lowest BCUT2D eigenvalue weighted by molar-refractivity contribution is 0.895. The van der Waals surface area contributed by atoms with E-state index in [-0.39, 0.29) is 0 Å². The first kappa shape index (κ1) is 15.6. The number of nitrogens with zero attached hydrogens (tertiary/aromatic N) is 2. The Bertz CT molecular complexity index is 1140. The zero-order valence-electron chi connectivity index (χ0n) is 14.8. The number of anilines is 1. The van der Waals surface area contributed by atoms with Crippen molar-refractivity contribution in [1.29, 1.82) is 0 Å². The van der Waals surface area contributed by atoms with E-state index in [9.17, 15) is 0 Å². The summed E-state index contributed by atoms with van der Waals surface area (Å²) < 4.78 is 1.85. The average molecular weight is 349 g/mol. The standard InChI is InChI=1S/C24H19N3/c25-24-22(21-16-15-17-9-7-8-14-20(17)21)23(18-10-3-1-4-11-18)26-27(24)19-12-5-2-6-13-19/h1-14,16H,15,25H2. The molecule has 0 bridgehead atoms. The lowest BCUT2D eigenvalue weighted by Crippen LogP contribution is -2.02. The Kier molecular flexibility index (Phi) is 3.65. The zero-order valence-corrected chi connectivity index (χ0v) is 14.8. The molecule has 1 aliphatic rings. The van der Waals surface area contributed by atoms with Gasteiger partial charge in [0, 0.05) is 5.56 Å². The van der Waals surface area contributed by atoms with Gasteiger partial charge >= 0.3 is 0 Å². The van der Waals surface area contributed by atoms with Crippen LogP contribution in [0.4, 0.5) is 5.82 Å². The van der Waals surface area contributed by atoms with Gasteiger partial charge in [0.25, 0.3) is 0 Å². The minimum Gasteiger partial charge on any atom is -0.383 e. The molecule has 130 valence electrons. The summed E-state index contributed by atoms with van der Waals surface area (Å²) in [4.78, 5) is 0. The van der Waals surface area contributed by atoms with Gasteiger partial charge in [-0.25, -0.2) is 4.68 Å². The SMILES string of the molecule is Nc1c(C2=CCc3ccccc32)c(-c2ccccc2)nn1-c1ccccc1. The Morgan fingerprint density at radius 2 is 1.44 bits per heavy atom. The van der Waals surface area contributed by atoms with E-state index in [4.69, 9.17) is 10.8 Å².